The van der Waals surface area contributed by atoms with E-state index in [2.05, 4.69) is 32.0 Å². The van der Waals surface area contributed by atoms with Crippen LogP contribution in [0.25, 0.3) is 0 Å². The molecule has 1 N–H and O–H groups in total. The third-order valence-electron chi connectivity index (χ3n) is 6.18. The van der Waals surface area contributed by atoms with Crippen molar-refractivity contribution < 1.29 is 19.2 Å². The maximum absolute atomic E-state index is 12.7. The molecule has 2 atom stereocenters. The van der Waals surface area contributed by atoms with E-state index in [9.17, 15) is 9.59 Å². The van der Waals surface area contributed by atoms with Gasteiger partial charge in [0.1, 0.15) is 0 Å². The van der Waals surface area contributed by atoms with Crippen LogP contribution < -0.4 is 5.48 Å². The van der Waals surface area contributed by atoms with Gasteiger partial charge in [-0.1, -0.05) is 20.8 Å². The molecule has 0 aromatic carbocycles. The van der Waals surface area contributed by atoms with E-state index < -0.39 is 18.0 Å². The van der Waals surface area contributed by atoms with Crippen LogP contribution in [0.3, 0.4) is 0 Å². The average Bonchev–Trinajstić information content (AvgIpc) is 2.61. The monoisotopic (exact) mass is 415 g/mol. The molecule has 4 aliphatic carbocycles. The van der Waals surface area contributed by atoms with Gasteiger partial charge in [0.2, 0.25) is 6.10 Å². The molecule has 0 aromatic rings. The summed E-state index contributed by atoms with van der Waals surface area (Å²) < 4.78 is 5.46. The van der Waals surface area contributed by atoms with Crippen LogP contribution in [0.4, 0.5) is 0 Å². The van der Waals surface area contributed by atoms with Crippen molar-refractivity contribution in [2.45, 2.75) is 76.2 Å². The number of thiol groups is 1. The highest BCUT2D eigenvalue weighted by molar-refractivity contribution is 7.99. The Morgan fingerprint density at radius 1 is 1.07 bits per heavy atom. The van der Waals surface area contributed by atoms with E-state index in [0.717, 1.165) is 37.0 Å². The highest BCUT2D eigenvalue weighted by atomic mass is 32.2. The Morgan fingerprint density at radius 2 is 1.63 bits per heavy atom. The minimum Gasteiger partial charge on any atom is -0.449 e. The van der Waals surface area contributed by atoms with Crippen LogP contribution in [0.2, 0.25) is 0 Å². The molecule has 4 bridgehead atoms. The van der Waals surface area contributed by atoms with Crippen molar-refractivity contribution in [3.8, 4) is 0 Å². The normalized spacial score (nSPS) is 33.7. The summed E-state index contributed by atoms with van der Waals surface area (Å²) in [6.45, 7) is 5.86. The molecule has 0 spiro atoms. The average molecular weight is 416 g/mol. The van der Waals surface area contributed by atoms with E-state index >= 15 is 0 Å². The lowest BCUT2D eigenvalue weighted by atomic mass is 9.53. The molecule has 7 heteroatoms. The second-order valence-corrected chi connectivity index (χ2v) is 11.1. The molecule has 5 nitrogen and oxygen atoms in total. The summed E-state index contributed by atoms with van der Waals surface area (Å²) in [6, 6.07) is 0. The first-order chi connectivity index (χ1) is 12.8. The van der Waals surface area contributed by atoms with Gasteiger partial charge in [0.25, 0.3) is 0 Å². The van der Waals surface area contributed by atoms with Crippen LogP contribution in [-0.4, -0.2) is 40.3 Å². The van der Waals surface area contributed by atoms with Gasteiger partial charge in [-0.25, -0.2) is 4.79 Å². The minimum atomic E-state index is -0.881. The first-order valence-corrected chi connectivity index (χ1v) is 11.9. The van der Waals surface area contributed by atoms with Crippen molar-refractivity contribution in [2.24, 2.45) is 23.7 Å². The van der Waals surface area contributed by atoms with Gasteiger partial charge >= 0.3 is 11.9 Å². The second kappa shape index (κ2) is 8.95. The number of hydroxylamine groups is 1. The minimum absolute atomic E-state index is 0.0669. The van der Waals surface area contributed by atoms with E-state index in [1.807, 2.05) is 0 Å². The summed E-state index contributed by atoms with van der Waals surface area (Å²) in [5.74, 6) is 1.87. The molecule has 0 aromatic heterocycles. The molecule has 4 fully saturated rings. The lowest BCUT2D eigenvalue weighted by Gasteiger charge is -2.56. The van der Waals surface area contributed by atoms with Gasteiger partial charge in [0.05, 0.1) is 11.5 Å². The number of carbonyl (C=O) groups is 2. The summed E-state index contributed by atoms with van der Waals surface area (Å²) in [7, 11) is 0. The fourth-order valence-electron chi connectivity index (χ4n) is 5.22. The zero-order valence-electron chi connectivity index (χ0n) is 16.6. The Hall–Kier alpha value is -0.400. The Labute approximate surface area is 172 Å². The van der Waals surface area contributed by atoms with Crippen molar-refractivity contribution >= 4 is 36.3 Å². The largest absolute Gasteiger partial charge is 0.449 e. The second-order valence-electron chi connectivity index (χ2n) is 9.11. The van der Waals surface area contributed by atoms with Gasteiger partial charge in [0.15, 0.2) is 0 Å². The van der Waals surface area contributed by atoms with Crippen molar-refractivity contribution in [1.29, 1.82) is 0 Å². The molecule has 0 saturated heterocycles. The van der Waals surface area contributed by atoms with Gasteiger partial charge in [-0.2, -0.15) is 24.4 Å². The Balaban J connectivity index is 1.57. The molecule has 0 unspecified atom stereocenters. The smallest absolute Gasteiger partial charge is 0.366 e. The number of rotatable bonds is 9. The van der Waals surface area contributed by atoms with Crippen molar-refractivity contribution in [3.05, 3.63) is 0 Å². The highest BCUT2D eigenvalue weighted by Crippen LogP contribution is 2.55. The Kier molecular flexibility index (Phi) is 7.07. The molecular weight excluding hydrogens is 382 g/mol. The van der Waals surface area contributed by atoms with E-state index in [4.69, 9.17) is 9.57 Å². The number of esters is 1. The number of ether oxygens (including phenoxy) is 1. The zero-order chi connectivity index (χ0) is 19.6. The standard InChI is InChI=1S/C20H33NO4S2/c1-12(2)27-11-17(24-18(22)13(3)10-26)19(23)25-21-20-7-14-4-15(8-20)6-16(5-14)9-20/h12-17,21,26H,4-11H2,1-3H3/t13-,14?,15?,16?,17+,20?/m1/s1. The van der Waals surface area contributed by atoms with Gasteiger partial charge in [0, 0.05) is 11.5 Å². The van der Waals surface area contributed by atoms with Gasteiger partial charge < -0.3 is 9.57 Å². The highest BCUT2D eigenvalue weighted by Gasteiger charge is 2.51. The Bertz CT molecular complexity index is 519. The topological polar surface area (TPSA) is 64.6 Å². The first kappa shape index (κ1) is 21.3. The van der Waals surface area contributed by atoms with Crippen molar-refractivity contribution in [1.82, 2.24) is 5.48 Å². The number of carbonyl (C=O) groups excluding carboxylic acids is 2. The predicted molar refractivity (Wildman–Crippen MR) is 111 cm³/mol. The van der Waals surface area contributed by atoms with Crippen LogP contribution in [0.1, 0.15) is 59.3 Å². The van der Waals surface area contributed by atoms with E-state index in [-0.39, 0.29) is 11.5 Å². The lowest BCUT2D eigenvalue weighted by Crippen LogP contribution is -2.59. The van der Waals surface area contributed by atoms with Gasteiger partial charge in [-0.3, -0.25) is 4.79 Å². The van der Waals surface area contributed by atoms with Crippen LogP contribution in [0, 0.1) is 23.7 Å². The van der Waals surface area contributed by atoms with Crippen LogP contribution in [-0.2, 0) is 19.2 Å². The Morgan fingerprint density at radius 3 is 2.11 bits per heavy atom. The lowest BCUT2D eigenvalue weighted by molar-refractivity contribution is -0.182. The quantitative estimate of drug-likeness (QED) is 0.341. The zero-order valence-corrected chi connectivity index (χ0v) is 18.3. The number of hydrogen-bond donors (Lipinski definition) is 2. The molecule has 0 amide bonds. The third kappa shape index (κ3) is 5.36. The van der Waals surface area contributed by atoms with E-state index in [0.29, 0.717) is 16.8 Å². The summed E-state index contributed by atoms with van der Waals surface area (Å²) in [5, 5.41) is 0.345. The summed E-state index contributed by atoms with van der Waals surface area (Å²) in [5.41, 5.74) is 3.08. The van der Waals surface area contributed by atoms with Gasteiger partial charge in [-0.15, -0.1) is 5.48 Å². The predicted octanol–water partition coefficient (Wildman–Crippen LogP) is 3.62. The fraction of sp³-hybridized carbons (Fsp3) is 0.900. The molecule has 4 saturated carbocycles. The summed E-state index contributed by atoms with van der Waals surface area (Å²) in [6.07, 6.45) is 6.40. The molecule has 0 aliphatic heterocycles. The summed E-state index contributed by atoms with van der Waals surface area (Å²) in [4.78, 5) is 30.4. The molecule has 154 valence electrons. The number of nitrogens with one attached hydrogen (secondary N) is 1. The maximum atomic E-state index is 12.7. The summed E-state index contributed by atoms with van der Waals surface area (Å²) >= 11 is 5.73. The maximum Gasteiger partial charge on any atom is 0.366 e. The number of thioether (sulfide) groups is 1. The first-order valence-electron chi connectivity index (χ1n) is 10.2. The van der Waals surface area contributed by atoms with Gasteiger partial charge in [-0.05, 0) is 61.5 Å². The molecule has 4 rings (SSSR count). The molecule has 27 heavy (non-hydrogen) atoms. The fourth-order valence-corrected chi connectivity index (χ4v) is 6.13. The van der Waals surface area contributed by atoms with E-state index in [1.165, 1.54) is 19.3 Å². The van der Waals surface area contributed by atoms with Crippen molar-refractivity contribution in [2.75, 3.05) is 11.5 Å². The van der Waals surface area contributed by atoms with E-state index in [1.54, 1.807) is 18.7 Å². The van der Waals surface area contributed by atoms with Crippen LogP contribution >= 0.6 is 24.4 Å². The third-order valence-corrected chi connectivity index (χ3v) is 7.89. The van der Waals surface area contributed by atoms with Crippen LogP contribution in [0.15, 0.2) is 0 Å². The molecule has 0 radical (unpaired) electrons. The number of hydrogen-bond acceptors (Lipinski definition) is 7. The van der Waals surface area contributed by atoms with Crippen LogP contribution in [0.5, 0.6) is 0 Å². The molecular formula is C20H33NO4S2. The van der Waals surface area contributed by atoms with Crippen molar-refractivity contribution in [3.63, 3.8) is 0 Å². The molecule has 4 aliphatic rings. The molecule has 0 heterocycles. The SMILES string of the molecule is CC(C)SC[C@H](OC(=O)[C@H](C)CS)C(=O)ONC12CC3CC(CC(C3)C1)C2.